The van der Waals surface area contributed by atoms with Gasteiger partial charge in [-0.25, -0.2) is 0 Å². The van der Waals surface area contributed by atoms with Gasteiger partial charge >= 0.3 is 0 Å². The number of carbonyl (C=O) groups excluding carboxylic acids is 2. The number of amides is 2. The van der Waals surface area contributed by atoms with Gasteiger partial charge < -0.3 is 20.5 Å². The molecule has 27 heavy (non-hydrogen) atoms. The molecule has 1 unspecified atom stereocenters. The number of aromatic nitrogens is 2. The monoisotopic (exact) mass is 377 g/mol. The first-order valence-electron chi connectivity index (χ1n) is 10.2. The van der Waals surface area contributed by atoms with Crippen LogP contribution in [0.2, 0.25) is 0 Å². The zero-order chi connectivity index (χ0) is 19.3. The van der Waals surface area contributed by atoms with Crippen LogP contribution in [0.5, 0.6) is 0 Å². The topological polar surface area (TPSA) is 114 Å². The lowest BCUT2D eigenvalue weighted by atomic mass is 9.89. The molecule has 0 bridgehead atoms. The fraction of sp³-hybridized carbons (Fsp3) is 0.789. The minimum atomic E-state index is -0.548. The summed E-state index contributed by atoms with van der Waals surface area (Å²) in [5, 5.41) is 7.24. The lowest BCUT2D eigenvalue weighted by Crippen LogP contribution is -2.45. The maximum absolute atomic E-state index is 12.5. The van der Waals surface area contributed by atoms with Crippen LogP contribution >= 0.6 is 0 Å². The highest BCUT2D eigenvalue weighted by Crippen LogP contribution is 2.34. The Morgan fingerprint density at radius 3 is 2.67 bits per heavy atom. The van der Waals surface area contributed by atoms with E-state index in [-0.39, 0.29) is 17.9 Å². The SMILES string of the molecule is CC(=O)NC1(c2noc(CCC(=O)N3CCCC3CN)n2)CCCCCC1. The first kappa shape index (κ1) is 19.8. The third-order valence-corrected chi connectivity index (χ3v) is 5.79. The second-order valence-electron chi connectivity index (χ2n) is 7.81. The van der Waals surface area contributed by atoms with Gasteiger partial charge in [-0.15, -0.1) is 0 Å². The Labute approximate surface area is 160 Å². The van der Waals surface area contributed by atoms with Gasteiger partial charge in [-0.3, -0.25) is 9.59 Å². The number of nitrogens with one attached hydrogen (secondary N) is 1. The predicted molar refractivity (Wildman–Crippen MR) is 99.6 cm³/mol. The van der Waals surface area contributed by atoms with E-state index in [9.17, 15) is 9.59 Å². The molecule has 8 nitrogen and oxygen atoms in total. The van der Waals surface area contributed by atoms with Crippen LogP contribution in [0.15, 0.2) is 4.52 Å². The van der Waals surface area contributed by atoms with Gasteiger partial charge in [0.15, 0.2) is 5.82 Å². The van der Waals surface area contributed by atoms with Crippen molar-refractivity contribution in [3.8, 4) is 0 Å². The summed E-state index contributed by atoms with van der Waals surface area (Å²) in [6.45, 7) is 2.81. The number of rotatable bonds is 6. The summed E-state index contributed by atoms with van der Waals surface area (Å²) in [4.78, 5) is 30.7. The third-order valence-electron chi connectivity index (χ3n) is 5.79. The van der Waals surface area contributed by atoms with Gasteiger partial charge in [-0.05, 0) is 25.7 Å². The highest BCUT2D eigenvalue weighted by molar-refractivity contribution is 5.77. The molecule has 0 aromatic carbocycles. The molecule has 1 atom stereocenters. The number of aryl methyl sites for hydroxylation is 1. The number of nitrogens with two attached hydrogens (primary N) is 1. The standard InChI is InChI=1S/C19H31N5O3/c1-14(25)22-19(10-4-2-3-5-11-19)18-21-16(27-23-18)8-9-17(26)24-12-6-7-15(24)13-20/h15H,2-13,20H2,1H3,(H,22,25). The number of carbonyl (C=O) groups is 2. The van der Waals surface area contributed by atoms with Crippen LogP contribution in [0.4, 0.5) is 0 Å². The van der Waals surface area contributed by atoms with E-state index >= 15 is 0 Å². The number of nitrogens with zero attached hydrogens (tertiary/aromatic N) is 3. The molecule has 1 aromatic rings. The predicted octanol–water partition coefficient (Wildman–Crippen LogP) is 1.64. The molecule has 0 spiro atoms. The van der Waals surface area contributed by atoms with Crippen molar-refractivity contribution in [2.45, 2.75) is 82.7 Å². The molecule has 2 aliphatic rings. The Morgan fingerprint density at radius 2 is 2.00 bits per heavy atom. The molecule has 2 amide bonds. The van der Waals surface area contributed by atoms with E-state index in [1.807, 2.05) is 4.90 Å². The van der Waals surface area contributed by atoms with Crippen LogP contribution in [0.25, 0.3) is 0 Å². The molecule has 8 heteroatoms. The molecule has 1 aliphatic carbocycles. The van der Waals surface area contributed by atoms with Crippen molar-refractivity contribution >= 4 is 11.8 Å². The van der Waals surface area contributed by atoms with E-state index in [0.29, 0.717) is 31.1 Å². The Bertz CT molecular complexity index is 652. The summed E-state index contributed by atoms with van der Waals surface area (Å²) in [5.74, 6) is 1.01. The average molecular weight is 377 g/mol. The Hall–Kier alpha value is -1.96. The molecule has 1 aliphatic heterocycles. The van der Waals surface area contributed by atoms with E-state index in [1.54, 1.807) is 0 Å². The molecule has 2 fully saturated rings. The quantitative estimate of drug-likeness (QED) is 0.728. The first-order valence-corrected chi connectivity index (χ1v) is 10.2. The summed E-state index contributed by atoms with van der Waals surface area (Å²) >= 11 is 0. The second kappa shape index (κ2) is 8.82. The van der Waals surface area contributed by atoms with E-state index in [4.69, 9.17) is 10.3 Å². The number of hydrogen-bond donors (Lipinski definition) is 2. The van der Waals surface area contributed by atoms with Crippen molar-refractivity contribution < 1.29 is 14.1 Å². The van der Waals surface area contributed by atoms with Crippen LogP contribution in [-0.4, -0.2) is 46.0 Å². The number of likely N-dealkylation sites (tertiary alicyclic amines) is 1. The van der Waals surface area contributed by atoms with Gasteiger partial charge in [0.1, 0.15) is 5.54 Å². The summed E-state index contributed by atoms with van der Waals surface area (Å²) in [6, 6.07) is 0.157. The van der Waals surface area contributed by atoms with Crippen molar-refractivity contribution in [2.75, 3.05) is 13.1 Å². The first-order chi connectivity index (χ1) is 13.0. The van der Waals surface area contributed by atoms with Gasteiger partial charge in [-0.2, -0.15) is 4.98 Å². The fourth-order valence-corrected chi connectivity index (χ4v) is 4.39. The summed E-state index contributed by atoms with van der Waals surface area (Å²) in [7, 11) is 0. The minimum Gasteiger partial charge on any atom is -0.343 e. The van der Waals surface area contributed by atoms with Crippen molar-refractivity contribution in [1.29, 1.82) is 0 Å². The van der Waals surface area contributed by atoms with Crippen LogP contribution in [0.3, 0.4) is 0 Å². The second-order valence-corrected chi connectivity index (χ2v) is 7.81. The van der Waals surface area contributed by atoms with Crippen molar-refractivity contribution in [3.05, 3.63) is 11.7 Å². The fourth-order valence-electron chi connectivity index (χ4n) is 4.39. The van der Waals surface area contributed by atoms with E-state index < -0.39 is 5.54 Å². The molecule has 2 heterocycles. The summed E-state index contributed by atoms with van der Waals surface area (Å²) < 4.78 is 5.42. The smallest absolute Gasteiger partial charge is 0.227 e. The average Bonchev–Trinajstić information content (AvgIpc) is 3.26. The Kier molecular flexibility index (Phi) is 6.46. The maximum atomic E-state index is 12.5. The maximum Gasteiger partial charge on any atom is 0.227 e. The largest absolute Gasteiger partial charge is 0.343 e. The summed E-state index contributed by atoms with van der Waals surface area (Å²) in [6.07, 6.45) is 8.73. The van der Waals surface area contributed by atoms with Crippen LogP contribution in [0.1, 0.15) is 76.4 Å². The van der Waals surface area contributed by atoms with Crippen molar-refractivity contribution in [2.24, 2.45) is 5.73 Å². The zero-order valence-corrected chi connectivity index (χ0v) is 16.2. The number of hydrogen-bond acceptors (Lipinski definition) is 6. The van der Waals surface area contributed by atoms with Crippen molar-refractivity contribution in [1.82, 2.24) is 20.4 Å². The molecule has 1 aromatic heterocycles. The highest BCUT2D eigenvalue weighted by Gasteiger charge is 2.38. The van der Waals surface area contributed by atoms with Gasteiger partial charge in [0.2, 0.25) is 17.7 Å². The molecule has 0 radical (unpaired) electrons. The summed E-state index contributed by atoms with van der Waals surface area (Å²) in [5.41, 5.74) is 5.21. The highest BCUT2D eigenvalue weighted by atomic mass is 16.5. The molecule has 3 N–H and O–H groups in total. The lowest BCUT2D eigenvalue weighted by Gasteiger charge is -2.30. The Morgan fingerprint density at radius 1 is 1.26 bits per heavy atom. The molecule has 1 saturated heterocycles. The zero-order valence-electron chi connectivity index (χ0n) is 16.2. The molecular weight excluding hydrogens is 346 g/mol. The van der Waals surface area contributed by atoms with Gasteiger partial charge in [0.05, 0.1) is 0 Å². The minimum absolute atomic E-state index is 0.0831. The Balaban J connectivity index is 1.65. The van der Waals surface area contributed by atoms with Crippen LogP contribution < -0.4 is 11.1 Å². The van der Waals surface area contributed by atoms with Gasteiger partial charge in [-0.1, -0.05) is 30.8 Å². The molecule has 3 rings (SSSR count). The van der Waals surface area contributed by atoms with Gasteiger partial charge in [0, 0.05) is 38.9 Å². The van der Waals surface area contributed by atoms with Gasteiger partial charge in [0.25, 0.3) is 0 Å². The molecule has 1 saturated carbocycles. The van der Waals surface area contributed by atoms with E-state index in [0.717, 1.165) is 57.9 Å². The lowest BCUT2D eigenvalue weighted by molar-refractivity contribution is -0.131. The van der Waals surface area contributed by atoms with E-state index in [1.165, 1.54) is 6.92 Å². The molecular formula is C19H31N5O3. The van der Waals surface area contributed by atoms with E-state index in [2.05, 4.69) is 15.5 Å². The molecule has 150 valence electrons. The van der Waals surface area contributed by atoms with Crippen LogP contribution in [-0.2, 0) is 21.5 Å². The normalized spacial score (nSPS) is 22.4. The third kappa shape index (κ3) is 4.66. The van der Waals surface area contributed by atoms with Crippen molar-refractivity contribution in [3.63, 3.8) is 0 Å². The van der Waals surface area contributed by atoms with Crippen LogP contribution in [0, 0.1) is 0 Å².